The van der Waals surface area contributed by atoms with Crippen LogP contribution in [-0.4, -0.2) is 18.0 Å². The Hall–Kier alpha value is -2.48. The molecule has 2 aromatic carbocycles. The van der Waals surface area contributed by atoms with Gasteiger partial charge in [0.05, 0.1) is 5.56 Å². The number of aryl methyl sites for hydroxylation is 1. The third kappa shape index (κ3) is 3.96. The lowest BCUT2D eigenvalue weighted by Crippen LogP contribution is -2.29. The van der Waals surface area contributed by atoms with Crippen LogP contribution < -0.4 is 4.74 Å². The average molecular weight is 360 g/mol. The highest BCUT2D eigenvalue weighted by atomic mass is 19.4. The fourth-order valence-corrected chi connectivity index (χ4v) is 2.37. The van der Waals surface area contributed by atoms with Gasteiger partial charge in [0.2, 0.25) is 0 Å². The Labute approximate surface area is 139 Å². The summed E-state index contributed by atoms with van der Waals surface area (Å²) >= 11 is 0. The maximum atomic E-state index is 13.1. The highest BCUT2D eigenvalue weighted by molar-refractivity contribution is 5.72. The van der Waals surface area contributed by atoms with Crippen LogP contribution in [0.5, 0.6) is 5.75 Å². The number of halogens is 5. The number of aliphatic hydroxyl groups is 1. The molecule has 0 bridgehead atoms. The zero-order valence-corrected chi connectivity index (χ0v) is 12.8. The maximum absolute atomic E-state index is 13.1. The molecule has 25 heavy (non-hydrogen) atoms. The standard InChI is InChI=1S/C17H13F5O3/c1-10-3-2-4-11(7-10)16(24,9-23)12-5-6-14(25-15(18)19)13(8-12)17(20,21)22/h2-9,15,24H,1H3. The van der Waals surface area contributed by atoms with Crippen LogP contribution in [0.25, 0.3) is 0 Å². The molecule has 2 aromatic rings. The van der Waals surface area contributed by atoms with Crippen molar-refractivity contribution in [2.24, 2.45) is 0 Å². The first kappa shape index (κ1) is 18.9. The molecule has 0 aliphatic carbocycles. The van der Waals surface area contributed by atoms with E-state index in [1.54, 1.807) is 13.0 Å². The summed E-state index contributed by atoms with van der Waals surface area (Å²) in [6, 6.07) is 8.02. The first-order chi connectivity index (χ1) is 11.6. The zero-order valence-electron chi connectivity index (χ0n) is 12.8. The lowest BCUT2D eigenvalue weighted by atomic mass is 9.86. The highest BCUT2D eigenvalue weighted by Crippen LogP contribution is 2.40. The van der Waals surface area contributed by atoms with Crippen LogP contribution >= 0.6 is 0 Å². The Balaban J connectivity index is 2.62. The number of ether oxygens (including phenoxy) is 1. The molecule has 0 fully saturated rings. The van der Waals surface area contributed by atoms with Crippen LogP contribution in [0.3, 0.4) is 0 Å². The van der Waals surface area contributed by atoms with E-state index >= 15 is 0 Å². The summed E-state index contributed by atoms with van der Waals surface area (Å²) < 4.78 is 67.9. The van der Waals surface area contributed by atoms with Crippen LogP contribution in [0.15, 0.2) is 42.5 Å². The number of benzene rings is 2. The summed E-state index contributed by atoms with van der Waals surface area (Å²) in [6.45, 7) is -1.77. The molecule has 8 heteroatoms. The Kier molecular flexibility index (Phi) is 5.12. The van der Waals surface area contributed by atoms with Crippen molar-refractivity contribution in [2.75, 3.05) is 0 Å². The largest absolute Gasteiger partial charge is 0.434 e. The number of alkyl halides is 5. The molecule has 0 aliphatic rings. The monoisotopic (exact) mass is 360 g/mol. The van der Waals surface area contributed by atoms with Crippen molar-refractivity contribution in [3.8, 4) is 5.75 Å². The van der Waals surface area contributed by atoms with Crippen LogP contribution in [0.1, 0.15) is 22.3 Å². The average Bonchev–Trinajstić information content (AvgIpc) is 2.53. The molecule has 0 aromatic heterocycles. The molecular weight excluding hydrogens is 347 g/mol. The van der Waals surface area contributed by atoms with Gasteiger partial charge in [-0.25, -0.2) is 0 Å². The molecule has 0 saturated carbocycles. The summed E-state index contributed by atoms with van der Waals surface area (Å²) in [5.41, 5.74) is -3.57. The Bertz CT molecular complexity index is 773. The SMILES string of the molecule is Cc1cccc(C(O)(C=O)c2ccc(OC(F)F)c(C(F)(F)F)c2)c1. The molecule has 0 saturated heterocycles. The molecule has 1 unspecified atom stereocenters. The minimum Gasteiger partial charge on any atom is -0.434 e. The molecule has 134 valence electrons. The summed E-state index contributed by atoms with van der Waals surface area (Å²) in [5, 5.41) is 10.6. The second-order valence-corrected chi connectivity index (χ2v) is 5.34. The van der Waals surface area contributed by atoms with Crippen LogP contribution in [0.2, 0.25) is 0 Å². The van der Waals surface area contributed by atoms with Crippen molar-refractivity contribution >= 4 is 6.29 Å². The molecular formula is C17H13F5O3. The molecule has 0 aliphatic heterocycles. The predicted molar refractivity (Wildman–Crippen MR) is 78.3 cm³/mol. The van der Waals surface area contributed by atoms with Crippen LogP contribution in [-0.2, 0) is 16.6 Å². The van der Waals surface area contributed by atoms with Gasteiger partial charge in [-0.3, -0.25) is 4.79 Å². The van der Waals surface area contributed by atoms with E-state index in [9.17, 15) is 31.9 Å². The van der Waals surface area contributed by atoms with Crippen molar-refractivity contribution in [3.05, 3.63) is 64.7 Å². The second kappa shape index (κ2) is 6.79. The van der Waals surface area contributed by atoms with E-state index in [4.69, 9.17) is 0 Å². The second-order valence-electron chi connectivity index (χ2n) is 5.34. The molecule has 0 heterocycles. The highest BCUT2D eigenvalue weighted by Gasteiger charge is 2.39. The van der Waals surface area contributed by atoms with Gasteiger partial charge in [0.1, 0.15) is 5.75 Å². The molecule has 2 rings (SSSR count). The van der Waals surface area contributed by atoms with Crippen molar-refractivity contribution < 1.29 is 36.6 Å². The van der Waals surface area contributed by atoms with Crippen molar-refractivity contribution in [1.29, 1.82) is 0 Å². The van der Waals surface area contributed by atoms with E-state index in [-0.39, 0.29) is 11.8 Å². The first-order valence-electron chi connectivity index (χ1n) is 7.00. The van der Waals surface area contributed by atoms with Crippen molar-refractivity contribution in [2.45, 2.75) is 25.3 Å². The number of carbonyl (C=O) groups excluding carboxylic acids is 1. The van der Waals surface area contributed by atoms with Gasteiger partial charge in [0.15, 0.2) is 11.9 Å². The summed E-state index contributed by atoms with van der Waals surface area (Å²) in [6.07, 6.45) is -4.93. The summed E-state index contributed by atoms with van der Waals surface area (Å²) in [4.78, 5) is 11.5. The fraction of sp³-hybridized carbons (Fsp3) is 0.235. The van der Waals surface area contributed by atoms with Gasteiger partial charge < -0.3 is 9.84 Å². The molecule has 0 spiro atoms. The minimum atomic E-state index is -5.02. The Morgan fingerprint density at radius 3 is 2.24 bits per heavy atom. The Morgan fingerprint density at radius 1 is 1.08 bits per heavy atom. The number of carbonyl (C=O) groups is 1. The third-order valence-corrected chi connectivity index (χ3v) is 3.57. The van der Waals surface area contributed by atoms with E-state index < -0.39 is 35.3 Å². The lowest BCUT2D eigenvalue weighted by Gasteiger charge is -2.25. The van der Waals surface area contributed by atoms with Crippen LogP contribution in [0, 0.1) is 6.92 Å². The number of aldehydes is 1. The van der Waals surface area contributed by atoms with E-state index in [1.165, 1.54) is 18.2 Å². The lowest BCUT2D eigenvalue weighted by molar-refractivity contribution is -0.142. The molecule has 1 atom stereocenters. The third-order valence-electron chi connectivity index (χ3n) is 3.57. The number of hydrogen-bond donors (Lipinski definition) is 1. The molecule has 3 nitrogen and oxygen atoms in total. The van der Waals surface area contributed by atoms with Crippen molar-refractivity contribution in [1.82, 2.24) is 0 Å². The molecule has 1 N–H and O–H groups in total. The smallest absolute Gasteiger partial charge is 0.419 e. The summed E-state index contributed by atoms with van der Waals surface area (Å²) in [5.74, 6) is -1.09. The van der Waals surface area contributed by atoms with E-state index in [0.29, 0.717) is 17.7 Å². The van der Waals surface area contributed by atoms with Gasteiger partial charge >= 0.3 is 12.8 Å². The number of rotatable bonds is 5. The van der Waals surface area contributed by atoms with Crippen molar-refractivity contribution in [3.63, 3.8) is 0 Å². The summed E-state index contributed by atoms with van der Waals surface area (Å²) in [7, 11) is 0. The minimum absolute atomic E-state index is 0.0538. The maximum Gasteiger partial charge on any atom is 0.419 e. The topological polar surface area (TPSA) is 46.5 Å². The van der Waals surface area contributed by atoms with E-state index in [1.807, 2.05) is 0 Å². The fourth-order valence-electron chi connectivity index (χ4n) is 2.37. The van der Waals surface area contributed by atoms with E-state index in [2.05, 4.69) is 4.74 Å². The van der Waals surface area contributed by atoms with Gasteiger partial charge in [-0.15, -0.1) is 0 Å². The quantitative estimate of drug-likeness (QED) is 0.646. The van der Waals surface area contributed by atoms with Gasteiger partial charge in [-0.1, -0.05) is 35.9 Å². The van der Waals surface area contributed by atoms with Gasteiger partial charge in [-0.2, -0.15) is 22.0 Å². The molecule has 0 radical (unpaired) electrons. The number of hydrogen-bond acceptors (Lipinski definition) is 3. The van der Waals surface area contributed by atoms with Gasteiger partial charge in [-0.05, 0) is 30.2 Å². The normalized spacial score (nSPS) is 14.2. The van der Waals surface area contributed by atoms with Gasteiger partial charge in [0, 0.05) is 0 Å². The molecule has 0 amide bonds. The zero-order chi connectivity index (χ0) is 18.8. The predicted octanol–water partition coefficient (Wildman–Crippen LogP) is 4.05. The first-order valence-corrected chi connectivity index (χ1v) is 7.00. The van der Waals surface area contributed by atoms with E-state index in [0.717, 1.165) is 6.07 Å². The Morgan fingerprint density at radius 2 is 1.72 bits per heavy atom. The van der Waals surface area contributed by atoms with Crippen LogP contribution in [0.4, 0.5) is 22.0 Å². The van der Waals surface area contributed by atoms with Gasteiger partial charge in [0.25, 0.3) is 0 Å².